The van der Waals surface area contributed by atoms with Gasteiger partial charge in [0.25, 0.3) is 5.91 Å². The van der Waals surface area contributed by atoms with Gasteiger partial charge in [0.2, 0.25) is 5.91 Å². The third-order valence-electron chi connectivity index (χ3n) is 4.04. The summed E-state index contributed by atoms with van der Waals surface area (Å²) in [4.78, 5) is 35.1. The third-order valence-corrected chi connectivity index (χ3v) is 4.35. The monoisotopic (exact) mass is 432 g/mol. The SMILES string of the molecule is O=C(CCCC(=O)OCCCc1ccccc1)NNC(=O)COc1ccccc1Cl. The molecule has 30 heavy (non-hydrogen) atoms. The van der Waals surface area contributed by atoms with Gasteiger partial charge < -0.3 is 9.47 Å². The van der Waals surface area contributed by atoms with Crippen LogP contribution in [0.1, 0.15) is 31.2 Å². The summed E-state index contributed by atoms with van der Waals surface area (Å²) >= 11 is 5.92. The van der Waals surface area contributed by atoms with Crippen molar-refractivity contribution in [1.82, 2.24) is 10.9 Å². The van der Waals surface area contributed by atoms with E-state index in [-0.39, 0.29) is 25.4 Å². The molecule has 2 rings (SSSR count). The van der Waals surface area contributed by atoms with Crippen molar-refractivity contribution in [2.75, 3.05) is 13.2 Å². The molecule has 0 aromatic heterocycles. The number of halogens is 1. The van der Waals surface area contributed by atoms with E-state index in [4.69, 9.17) is 21.1 Å². The normalized spacial score (nSPS) is 10.2. The molecule has 0 aliphatic carbocycles. The third kappa shape index (κ3) is 9.43. The number of ether oxygens (including phenoxy) is 2. The van der Waals surface area contributed by atoms with Gasteiger partial charge in [0.1, 0.15) is 5.75 Å². The highest BCUT2D eigenvalue weighted by Gasteiger charge is 2.09. The van der Waals surface area contributed by atoms with E-state index in [0.717, 1.165) is 12.8 Å². The molecule has 0 atom stereocenters. The van der Waals surface area contributed by atoms with Crippen LogP contribution < -0.4 is 15.6 Å². The van der Waals surface area contributed by atoms with Crippen LogP contribution in [-0.4, -0.2) is 31.0 Å². The molecule has 2 amide bonds. The minimum atomic E-state index is -0.527. The van der Waals surface area contributed by atoms with E-state index in [1.54, 1.807) is 24.3 Å². The predicted octanol–water partition coefficient (Wildman–Crippen LogP) is 3.21. The smallest absolute Gasteiger partial charge is 0.305 e. The van der Waals surface area contributed by atoms with E-state index in [2.05, 4.69) is 10.9 Å². The van der Waals surface area contributed by atoms with Crippen molar-refractivity contribution in [3.63, 3.8) is 0 Å². The number of aryl methyl sites for hydroxylation is 1. The fourth-order valence-corrected chi connectivity index (χ4v) is 2.71. The molecule has 0 bridgehead atoms. The van der Waals surface area contributed by atoms with Gasteiger partial charge in [-0.25, -0.2) is 0 Å². The zero-order valence-electron chi connectivity index (χ0n) is 16.6. The van der Waals surface area contributed by atoms with Crippen LogP contribution in [0.3, 0.4) is 0 Å². The van der Waals surface area contributed by atoms with E-state index in [9.17, 15) is 14.4 Å². The highest BCUT2D eigenvalue weighted by molar-refractivity contribution is 6.32. The van der Waals surface area contributed by atoms with Gasteiger partial charge in [0.05, 0.1) is 11.6 Å². The molecule has 0 heterocycles. The standard InChI is InChI=1S/C22H25ClN2O5/c23-18-11-4-5-12-19(18)30-16-21(27)25-24-20(26)13-6-14-22(28)29-15-7-10-17-8-2-1-3-9-17/h1-5,8-9,11-12H,6-7,10,13-16H2,(H,24,26)(H,25,27). The number of hydrogen-bond donors (Lipinski definition) is 2. The number of hydrogen-bond acceptors (Lipinski definition) is 5. The maximum atomic E-state index is 11.7. The van der Waals surface area contributed by atoms with E-state index in [1.165, 1.54) is 5.56 Å². The van der Waals surface area contributed by atoms with Crippen molar-refractivity contribution in [3.05, 3.63) is 65.2 Å². The Morgan fingerprint density at radius 3 is 2.30 bits per heavy atom. The minimum Gasteiger partial charge on any atom is -0.482 e. The van der Waals surface area contributed by atoms with Crippen LogP contribution in [0, 0.1) is 0 Å². The zero-order chi connectivity index (χ0) is 21.6. The number of rotatable bonds is 11. The fourth-order valence-electron chi connectivity index (χ4n) is 2.52. The van der Waals surface area contributed by atoms with Gasteiger partial charge in [-0.05, 0) is 37.0 Å². The Labute approximate surface area is 180 Å². The van der Waals surface area contributed by atoms with Crippen molar-refractivity contribution in [3.8, 4) is 5.75 Å². The lowest BCUT2D eigenvalue weighted by atomic mass is 10.1. The number of nitrogens with one attached hydrogen (secondary N) is 2. The number of carbonyl (C=O) groups is 3. The maximum absolute atomic E-state index is 11.7. The van der Waals surface area contributed by atoms with Gasteiger partial charge in [-0.3, -0.25) is 25.2 Å². The molecule has 2 aromatic carbocycles. The number of amides is 2. The van der Waals surface area contributed by atoms with Gasteiger partial charge in [-0.2, -0.15) is 0 Å². The molecule has 0 fully saturated rings. The lowest BCUT2D eigenvalue weighted by Crippen LogP contribution is -2.43. The number of hydrazine groups is 1. The second kappa shape index (κ2) is 13.2. The molecule has 0 aliphatic rings. The molecule has 0 unspecified atom stereocenters. The second-order valence-corrected chi connectivity index (χ2v) is 6.89. The Balaban J connectivity index is 1.49. The van der Waals surface area contributed by atoms with Gasteiger partial charge in [-0.1, -0.05) is 54.1 Å². The van der Waals surface area contributed by atoms with Crippen LogP contribution in [0.15, 0.2) is 54.6 Å². The van der Waals surface area contributed by atoms with Crippen LogP contribution in [0.25, 0.3) is 0 Å². The summed E-state index contributed by atoms with van der Waals surface area (Å²) in [6.07, 6.45) is 2.15. The lowest BCUT2D eigenvalue weighted by Gasteiger charge is -2.09. The summed E-state index contributed by atoms with van der Waals surface area (Å²) in [6.45, 7) is 0.0563. The first kappa shape index (κ1) is 23.2. The number of para-hydroxylation sites is 1. The second-order valence-electron chi connectivity index (χ2n) is 6.48. The Kier molecular flexibility index (Phi) is 10.2. The van der Waals surface area contributed by atoms with Crippen molar-refractivity contribution >= 4 is 29.4 Å². The van der Waals surface area contributed by atoms with Crippen molar-refractivity contribution < 1.29 is 23.9 Å². The van der Waals surface area contributed by atoms with Gasteiger partial charge in [0.15, 0.2) is 6.61 Å². The number of esters is 1. The Morgan fingerprint density at radius 1 is 0.833 bits per heavy atom. The summed E-state index contributed by atoms with van der Waals surface area (Å²) in [5.74, 6) is -0.893. The number of carbonyl (C=O) groups excluding carboxylic acids is 3. The van der Waals surface area contributed by atoms with Crippen molar-refractivity contribution in [1.29, 1.82) is 0 Å². The van der Waals surface area contributed by atoms with Crippen molar-refractivity contribution in [2.45, 2.75) is 32.1 Å². The molecular formula is C22H25ClN2O5. The van der Waals surface area contributed by atoms with Crippen LogP contribution in [0.5, 0.6) is 5.75 Å². The molecule has 0 aliphatic heterocycles. The highest BCUT2D eigenvalue weighted by atomic mass is 35.5. The Hall–Kier alpha value is -3.06. The molecule has 0 radical (unpaired) electrons. The summed E-state index contributed by atoms with van der Waals surface area (Å²) in [7, 11) is 0. The summed E-state index contributed by atoms with van der Waals surface area (Å²) in [5.41, 5.74) is 5.72. The molecule has 0 saturated heterocycles. The zero-order valence-corrected chi connectivity index (χ0v) is 17.3. The average Bonchev–Trinajstić information content (AvgIpc) is 2.75. The fraction of sp³-hybridized carbons (Fsp3) is 0.318. The maximum Gasteiger partial charge on any atom is 0.305 e. The van der Waals surface area contributed by atoms with Crippen LogP contribution in [-0.2, 0) is 25.5 Å². The van der Waals surface area contributed by atoms with Gasteiger partial charge >= 0.3 is 5.97 Å². The Morgan fingerprint density at radius 2 is 1.53 bits per heavy atom. The van der Waals surface area contributed by atoms with E-state index in [0.29, 0.717) is 23.8 Å². The molecule has 2 aromatic rings. The van der Waals surface area contributed by atoms with Crippen LogP contribution in [0.4, 0.5) is 0 Å². The topological polar surface area (TPSA) is 93.7 Å². The first-order chi connectivity index (χ1) is 14.5. The molecule has 0 saturated carbocycles. The first-order valence-electron chi connectivity index (χ1n) is 9.69. The average molecular weight is 433 g/mol. The molecule has 7 nitrogen and oxygen atoms in total. The molecule has 160 valence electrons. The Bertz CT molecular complexity index is 829. The van der Waals surface area contributed by atoms with Crippen LogP contribution >= 0.6 is 11.6 Å². The largest absolute Gasteiger partial charge is 0.482 e. The highest BCUT2D eigenvalue weighted by Crippen LogP contribution is 2.22. The molecule has 0 spiro atoms. The van der Waals surface area contributed by atoms with Crippen molar-refractivity contribution in [2.24, 2.45) is 0 Å². The van der Waals surface area contributed by atoms with E-state index in [1.807, 2.05) is 30.3 Å². The molecule has 8 heteroatoms. The van der Waals surface area contributed by atoms with E-state index < -0.39 is 11.8 Å². The predicted molar refractivity (Wildman–Crippen MR) is 113 cm³/mol. The molecule has 2 N–H and O–H groups in total. The van der Waals surface area contributed by atoms with Crippen LogP contribution in [0.2, 0.25) is 5.02 Å². The summed E-state index contributed by atoms with van der Waals surface area (Å²) in [5, 5.41) is 0.390. The summed E-state index contributed by atoms with van der Waals surface area (Å²) < 4.78 is 10.4. The van der Waals surface area contributed by atoms with Gasteiger partial charge in [0, 0.05) is 12.8 Å². The summed E-state index contributed by atoms with van der Waals surface area (Å²) in [6, 6.07) is 16.7. The lowest BCUT2D eigenvalue weighted by molar-refractivity contribution is -0.144. The minimum absolute atomic E-state index is 0.0881. The first-order valence-corrected chi connectivity index (χ1v) is 10.1. The molecular weight excluding hydrogens is 408 g/mol. The number of benzene rings is 2. The quantitative estimate of drug-likeness (QED) is 0.323. The van der Waals surface area contributed by atoms with Gasteiger partial charge in [-0.15, -0.1) is 0 Å². The van der Waals surface area contributed by atoms with E-state index >= 15 is 0 Å².